The van der Waals surface area contributed by atoms with Gasteiger partial charge in [-0.15, -0.1) is 11.6 Å². The van der Waals surface area contributed by atoms with Crippen LogP contribution in [0, 0.1) is 0 Å². The van der Waals surface area contributed by atoms with Gasteiger partial charge in [0.1, 0.15) is 10.6 Å². The molecule has 2 rings (SSSR count). The molecule has 0 aliphatic carbocycles. The summed E-state index contributed by atoms with van der Waals surface area (Å²) in [5.74, 6) is 0.812. The highest BCUT2D eigenvalue weighted by Crippen LogP contribution is 2.42. The van der Waals surface area contributed by atoms with Crippen molar-refractivity contribution in [2.45, 2.75) is 4.87 Å². The van der Waals surface area contributed by atoms with E-state index in [-0.39, 0.29) is 0 Å². The minimum absolute atomic E-state index is 0.408. The molecule has 1 aromatic rings. The van der Waals surface area contributed by atoms with Gasteiger partial charge in [-0.2, -0.15) is 0 Å². The summed E-state index contributed by atoms with van der Waals surface area (Å²) in [4.78, 5) is -0.408. The second-order valence-electron chi connectivity index (χ2n) is 3.30. The summed E-state index contributed by atoms with van der Waals surface area (Å²) in [7, 11) is 1.65. The first-order valence-electron chi connectivity index (χ1n) is 4.26. The van der Waals surface area contributed by atoms with Crippen LogP contribution < -0.4 is 4.74 Å². The Balaban J connectivity index is 2.43. The van der Waals surface area contributed by atoms with Crippen molar-refractivity contribution in [3.05, 3.63) is 28.2 Å². The molecule has 2 nitrogen and oxygen atoms in total. The van der Waals surface area contributed by atoms with Gasteiger partial charge in [-0.05, 0) is 18.2 Å². The Hall–Kier alpha value is -0.250. The van der Waals surface area contributed by atoms with Gasteiger partial charge >= 0.3 is 0 Å². The molecule has 0 spiro atoms. The van der Waals surface area contributed by atoms with Crippen molar-refractivity contribution >= 4 is 27.5 Å². The lowest BCUT2D eigenvalue weighted by Crippen LogP contribution is -2.41. The molecular weight excluding hydrogens is 267 g/mol. The third kappa shape index (κ3) is 1.64. The van der Waals surface area contributed by atoms with Crippen LogP contribution in [0.4, 0.5) is 0 Å². The highest BCUT2D eigenvalue weighted by Gasteiger charge is 2.40. The molecule has 0 radical (unpaired) electrons. The Morgan fingerprint density at radius 1 is 1.50 bits per heavy atom. The summed E-state index contributed by atoms with van der Waals surface area (Å²) in [5, 5.41) is 0. The van der Waals surface area contributed by atoms with E-state index in [0.29, 0.717) is 13.2 Å². The average molecular weight is 278 g/mol. The van der Waals surface area contributed by atoms with Crippen LogP contribution >= 0.6 is 27.5 Å². The van der Waals surface area contributed by atoms with Crippen molar-refractivity contribution in [2.75, 3.05) is 20.3 Å². The molecule has 1 saturated heterocycles. The van der Waals surface area contributed by atoms with Crippen LogP contribution in [0.2, 0.25) is 0 Å². The van der Waals surface area contributed by atoms with E-state index in [1.54, 1.807) is 7.11 Å². The Bertz CT molecular complexity index is 350. The van der Waals surface area contributed by atoms with Crippen molar-refractivity contribution in [1.82, 2.24) is 0 Å². The lowest BCUT2D eigenvalue weighted by molar-refractivity contribution is -0.0161. The molecule has 0 bridgehead atoms. The normalized spacial score (nSPS) is 18.8. The number of ether oxygens (including phenoxy) is 2. The lowest BCUT2D eigenvalue weighted by Gasteiger charge is -2.36. The van der Waals surface area contributed by atoms with E-state index in [1.165, 1.54) is 0 Å². The molecule has 0 saturated carbocycles. The fourth-order valence-corrected chi connectivity index (χ4v) is 2.13. The summed E-state index contributed by atoms with van der Waals surface area (Å²) >= 11 is 9.78. The Labute approximate surface area is 96.3 Å². The van der Waals surface area contributed by atoms with Crippen LogP contribution in [-0.2, 0) is 9.61 Å². The standard InChI is InChI=1S/C10H10BrClO2/c1-13-9-3-2-7(11)4-8(9)10(12)5-14-6-10/h2-4H,5-6H2,1H3. The minimum atomic E-state index is -0.408. The maximum Gasteiger partial charge on any atom is 0.124 e. The van der Waals surface area contributed by atoms with Gasteiger partial charge in [-0.3, -0.25) is 0 Å². The molecule has 1 aromatic carbocycles. The number of benzene rings is 1. The zero-order valence-electron chi connectivity index (χ0n) is 7.72. The van der Waals surface area contributed by atoms with Crippen LogP contribution in [0.1, 0.15) is 5.56 Å². The molecule has 1 aliphatic heterocycles. The van der Waals surface area contributed by atoms with Gasteiger partial charge in [-0.1, -0.05) is 15.9 Å². The van der Waals surface area contributed by atoms with Crippen LogP contribution in [0.25, 0.3) is 0 Å². The fraction of sp³-hybridized carbons (Fsp3) is 0.400. The molecule has 0 atom stereocenters. The van der Waals surface area contributed by atoms with Gasteiger partial charge in [0.05, 0.1) is 20.3 Å². The van der Waals surface area contributed by atoms with Crippen molar-refractivity contribution < 1.29 is 9.47 Å². The number of hydrogen-bond donors (Lipinski definition) is 0. The smallest absolute Gasteiger partial charge is 0.124 e. The first-order chi connectivity index (χ1) is 6.65. The van der Waals surface area contributed by atoms with Crippen molar-refractivity contribution in [3.8, 4) is 5.75 Å². The van der Waals surface area contributed by atoms with Gasteiger partial charge in [0, 0.05) is 10.0 Å². The predicted molar refractivity (Wildman–Crippen MR) is 59.0 cm³/mol. The van der Waals surface area contributed by atoms with E-state index in [2.05, 4.69) is 15.9 Å². The molecule has 0 N–H and O–H groups in total. The monoisotopic (exact) mass is 276 g/mol. The second kappa shape index (κ2) is 3.72. The molecule has 0 aromatic heterocycles. The van der Waals surface area contributed by atoms with E-state index in [4.69, 9.17) is 21.1 Å². The first kappa shape index (κ1) is 10.3. The third-order valence-electron chi connectivity index (χ3n) is 2.31. The molecule has 1 aliphatic rings. The Kier molecular flexibility index (Phi) is 2.73. The molecule has 1 heterocycles. The molecule has 0 unspecified atom stereocenters. The van der Waals surface area contributed by atoms with E-state index in [0.717, 1.165) is 15.8 Å². The predicted octanol–water partition coefficient (Wildman–Crippen LogP) is 2.92. The van der Waals surface area contributed by atoms with Crippen molar-refractivity contribution in [1.29, 1.82) is 0 Å². The molecular formula is C10H10BrClO2. The number of alkyl halides is 1. The van der Waals surface area contributed by atoms with Gasteiger partial charge < -0.3 is 9.47 Å². The topological polar surface area (TPSA) is 18.5 Å². The molecule has 14 heavy (non-hydrogen) atoms. The lowest BCUT2D eigenvalue weighted by atomic mass is 9.95. The Morgan fingerprint density at radius 3 is 2.71 bits per heavy atom. The summed E-state index contributed by atoms with van der Waals surface area (Å²) < 4.78 is 11.4. The largest absolute Gasteiger partial charge is 0.496 e. The second-order valence-corrected chi connectivity index (χ2v) is 4.94. The zero-order valence-corrected chi connectivity index (χ0v) is 10.1. The Morgan fingerprint density at radius 2 is 2.21 bits per heavy atom. The average Bonchev–Trinajstić information content (AvgIpc) is 2.14. The van der Waals surface area contributed by atoms with Crippen molar-refractivity contribution in [3.63, 3.8) is 0 Å². The third-order valence-corrected chi connectivity index (χ3v) is 3.22. The zero-order chi connectivity index (χ0) is 10.2. The summed E-state index contributed by atoms with van der Waals surface area (Å²) in [6, 6.07) is 5.82. The van der Waals surface area contributed by atoms with Gasteiger partial charge in [0.2, 0.25) is 0 Å². The van der Waals surface area contributed by atoms with Crippen LogP contribution in [0.3, 0.4) is 0 Å². The number of halogens is 2. The summed E-state index contributed by atoms with van der Waals surface area (Å²) in [5.41, 5.74) is 0.988. The van der Waals surface area contributed by atoms with E-state index >= 15 is 0 Å². The molecule has 4 heteroatoms. The van der Waals surface area contributed by atoms with E-state index in [1.807, 2.05) is 18.2 Å². The van der Waals surface area contributed by atoms with E-state index in [9.17, 15) is 0 Å². The summed E-state index contributed by atoms with van der Waals surface area (Å²) in [6.45, 7) is 1.09. The van der Waals surface area contributed by atoms with Gasteiger partial charge in [0.15, 0.2) is 0 Å². The van der Waals surface area contributed by atoms with Crippen LogP contribution in [0.15, 0.2) is 22.7 Å². The quantitative estimate of drug-likeness (QED) is 0.774. The highest BCUT2D eigenvalue weighted by molar-refractivity contribution is 9.10. The molecule has 1 fully saturated rings. The maximum atomic E-state index is 6.36. The number of rotatable bonds is 2. The minimum Gasteiger partial charge on any atom is -0.496 e. The van der Waals surface area contributed by atoms with E-state index < -0.39 is 4.87 Å². The highest BCUT2D eigenvalue weighted by atomic mass is 79.9. The number of methoxy groups -OCH3 is 1. The maximum absolute atomic E-state index is 6.36. The molecule has 0 amide bonds. The SMILES string of the molecule is COc1ccc(Br)cc1C1(Cl)COC1. The van der Waals surface area contributed by atoms with Crippen molar-refractivity contribution in [2.24, 2.45) is 0 Å². The van der Waals surface area contributed by atoms with Crippen LogP contribution in [0.5, 0.6) is 5.75 Å². The molecule has 76 valence electrons. The van der Waals surface area contributed by atoms with Gasteiger partial charge in [0.25, 0.3) is 0 Å². The van der Waals surface area contributed by atoms with Crippen LogP contribution in [-0.4, -0.2) is 20.3 Å². The van der Waals surface area contributed by atoms with Gasteiger partial charge in [-0.25, -0.2) is 0 Å². The summed E-state index contributed by atoms with van der Waals surface area (Å²) in [6.07, 6.45) is 0. The fourth-order valence-electron chi connectivity index (χ4n) is 1.47. The first-order valence-corrected chi connectivity index (χ1v) is 5.43. The number of hydrogen-bond acceptors (Lipinski definition) is 2.